The number of ether oxygens (including phenoxy) is 1. The van der Waals surface area contributed by atoms with Crippen molar-refractivity contribution in [1.82, 2.24) is 9.27 Å². The van der Waals surface area contributed by atoms with Gasteiger partial charge < -0.3 is 14.7 Å². The van der Waals surface area contributed by atoms with E-state index in [1.165, 1.54) is 23.3 Å². The number of fused-ring (bicyclic) bond motifs is 1. The highest BCUT2D eigenvalue weighted by Crippen LogP contribution is 2.47. The van der Waals surface area contributed by atoms with Crippen LogP contribution in [-0.4, -0.2) is 38.4 Å². The van der Waals surface area contributed by atoms with Crippen LogP contribution in [0.5, 0.6) is 0 Å². The summed E-state index contributed by atoms with van der Waals surface area (Å²) in [5.41, 5.74) is 2.04. The van der Waals surface area contributed by atoms with Crippen LogP contribution < -0.4 is 0 Å². The van der Waals surface area contributed by atoms with Gasteiger partial charge in [-0.3, -0.25) is 0 Å². The third-order valence-corrected chi connectivity index (χ3v) is 6.33. The molecule has 0 aliphatic carbocycles. The minimum Gasteiger partial charge on any atom is -0.463 e. The van der Waals surface area contributed by atoms with E-state index < -0.39 is 18.2 Å². The normalized spacial score (nSPS) is 23.0. The molecule has 2 atom stereocenters. The second kappa shape index (κ2) is 7.90. The molecule has 1 aromatic heterocycles. The van der Waals surface area contributed by atoms with Crippen LogP contribution in [0.15, 0.2) is 63.8 Å². The maximum absolute atomic E-state index is 12.7. The molecule has 0 amide bonds. The first-order valence-corrected chi connectivity index (χ1v) is 10.5. The second-order valence-electron chi connectivity index (χ2n) is 6.27. The molecule has 2 aliphatic heterocycles. The summed E-state index contributed by atoms with van der Waals surface area (Å²) >= 11 is 2.71. The Labute approximate surface area is 171 Å². The molecule has 0 spiro atoms. The Morgan fingerprint density at radius 1 is 1.32 bits per heavy atom. The number of carbonyl (C=O) groups is 1. The molecule has 0 saturated carbocycles. The molecule has 1 fully saturated rings. The Bertz CT molecular complexity index is 968. The molecule has 0 radical (unpaired) electrons. The third-order valence-electron chi connectivity index (χ3n) is 4.48. The summed E-state index contributed by atoms with van der Waals surface area (Å²) in [4.78, 5) is 20.7. The molecule has 1 saturated heterocycles. The molecule has 2 unspecified atom stereocenters. The molecule has 144 valence electrons. The summed E-state index contributed by atoms with van der Waals surface area (Å²) in [6, 6.07) is 11.2. The highest BCUT2D eigenvalue weighted by Gasteiger charge is 2.45. The van der Waals surface area contributed by atoms with Gasteiger partial charge in [0.05, 0.1) is 22.8 Å². The van der Waals surface area contributed by atoms with Crippen LogP contribution >= 0.6 is 23.3 Å². The molecule has 2 aliphatic rings. The van der Waals surface area contributed by atoms with Gasteiger partial charge in [-0.05, 0) is 43.1 Å². The largest absolute Gasteiger partial charge is 0.463 e. The standard InChI is InChI=1S/C20H19N3O3S2/c1-3-26-19(25)16-12(2)22-20-23(17(16)14-9-10-21-28-14)18(24)15(27-20)11-13-7-5-4-6-8-13/h4-11,17-18,24H,3H2,1-2H3/b15-11+. The van der Waals surface area contributed by atoms with Gasteiger partial charge in [-0.1, -0.05) is 42.1 Å². The Balaban J connectivity index is 1.77. The van der Waals surface area contributed by atoms with E-state index in [2.05, 4.69) is 9.37 Å². The molecule has 6 nitrogen and oxygen atoms in total. The van der Waals surface area contributed by atoms with Gasteiger partial charge in [-0.25, -0.2) is 14.2 Å². The molecule has 8 heteroatoms. The quantitative estimate of drug-likeness (QED) is 0.769. The second-order valence-corrected chi connectivity index (χ2v) is 8.18. The highest BCUT2D eigenvalue weighted by molar-refractivity contribution is 8.17. The van der Waals surface area contributed by atoms with Crippen molar-refractivity contribution in [2.45, 2.75) is 26.1 Å². The fraction of sp³-hybridized carbons (Fsp3) is 0.250. The lowest BCUT2D eigenvalue weighted by Crippen LogP contribution is -2.41. The van der Waals surface area contributed by atoms with Gasteiger partial charge in [-0.15, -0.1) is 0 Å². The van der Waals surface area contributed by atoms with Crippen LogP contribution in [0, 0.1) is 0 Å². The van der Waals surface area contributed by atoms with Gasteiger partial charge in [0.15, 0.2) is 11.4 Å². The van der Waals surface area contributed by atoms with Crippen LogP contribution in [0.2, 0.25) is 0 Å². The van der Waals surface area contributed by atoms with Crippen molar-refractivity contribution in [2.75, 3.05) is 6.61 Å². The van der Waals surface area contributed by atoms with E-state index in [0.29, 0.717) is 16.4 Å². The number of thioether (sulfide) groups is 1. The zero-order valence-electron chi connectivity index (χ0n) is 15.4. The van der Waals surface area contributed by atoms with Crippen LogP contribution in [0.1, 0.15) is 30.3 Å². The van der Waals surface area contributed by atoms with Crippen LogP contribution in [0.25, 0.3) is 6.08 Å². The van der Waals surface area contributed by atoms with Gasteiger partial charge in [-0.2, -0.15) is 0 Å². The molecular weight excluding hydrogens is 394 g/mol. The Morgan fingerprint density at radius 3 is 2.79 bits per heavy atom. The number of benzene rings is 1. The maximum Gasteiger partial charge on any atom is 0.338 e. The highest BCUT2D eigenvalue weighted by atomic mass is 32.2. The number of hydrogen-bond donors (Lipinski definition) is 1. The number of amidine groups is 1. The smallest absolute Gasteiger partial charge is 0.338 e. The van der Waals surface area contributed by atoms with Crippen molar-refractivity contribution < 1.29 is 14.6 Å². The van der Waals surface area contributed by atoms with Crippen molar-refractivity contribution in [1.29, 1.82) is 0 Å². The Kier molecular flexibility index (Phi) is 5.34. The van der Waals surface area contributed by atoms with Crippen molar-refractivity contribution in [3.05, 3.63) is 69.2 Å². The zero-order valence-corrected chi connectivity index (χ0v) is 17.0. The molecule has 0 bridgehead atoms. The van der Waals surface area contributed by atoms with E-state index in [4.69, 9.17) is 4.74 Å². The van der Waals surface area contributed by atoms with Crippen molar-refractivity contribution in [2.24, 2.45) is 4.99 Å². The Morgan fingerprint density at radius 2 is 2.11 bits per heavy atom. The van der Waals surface area contributed by atoms with E-state index in [9.17, 15) is 9.90 Å². The maximum atomic E-state index is 12.7. The SMILES string of the molecule is CCOC(=O)C1=C(C)N=C2S/C(=C/c3ccccc3)C(O)N2C1c1ccns1. The monoisotopic (exact) mass is 413 g/mol. The molecule has 3 heterocycles. The van der Waals surface area contributed by atoms with E-state index in [-0.39, 0.29) is 6.61 Å². The van der Waals surface area contributed by atoms with Gasteiger partial charge >= 0.3 is 5.97 Å². The predicted molar refractivity (Wildman–Crippen MR) is 111 cm³/mol. The minimum absolute atomic E-state index is 0.276. The summed E-state index contributed by atoms with van der Waals surface area (Å²) in [6.45, 7) is 3.85. The lowest BCUT2D eigenvalue weighted by atomic mass is 10.00. The number of hydrogen-bond acceptors (Lipinski definition) is 8. The summed E-state index contributed by atoms with van der Waals surface area (Å²) in [5, 5.41) is 11.8. The van der Waals surface area contributed by atoms with Gasteiger partial charge in [0.1, 0.15) is 6.04 Å². The number of aliphatic imine (C=N–C) groups is 1. The van der Waals surface area contributed by atoms with Gasteiger partial charge in [0, 0.05) is 11.1 Å². The van der Waals surface area contributed by atoms with E-state index >= 15 is 0 Å². The first-order chi connectivity index (χ1) is 13.6. The molecule has 28 heavy (non-hydrogen) atoms. The number of carbonyl (C=O) groups excluding carboxylic acids is 1. The number of aliphatic hydroxyl groups is 1. The number of allylic oxidation sites excluding steroid dienone is 1. The first kappa shape index (κ1) is 18.9. The van der Waals surface area contributed by atoms with Gasteiger partial charge in [0.2, 0.25) is 0 Å². The fourth-order valence-corrected chi connectivity index (χ4v) is 5.07. The fourth-order valence-electron chi connectivity index (χ4n) is 3.26. The molecule has 1 N–H and O–H groups in total. The van der Waals surface area contributed by atoms with E-state index in [0.717, 1.165) is 15.3 Å². The summed E-state index contributed by atoms with van der Waals surface area (Å²) in [5.74, 6) is -0.418. The average molecular weight is 414 g/mol. The lowest BCUT2D eigenvalue weighted by molar-refractivity contribution is -0.139. The average Bonchev–Trinajstić information content (AvgIpc) is 3.31. The number of aliphatic hydroxyl groups excluding tert-OH is 1. The number of esters is 1. The number of aromatic nitrogens is 1. The minimum atomic E-state index is -0.909. The zero-order chi connectivity index (χ0) is 19.7. The molecular formula is C20H19N3O3S2. The molecule has 4 rings (SSSR count). The first-order valence-electron chi connectivity index (χ1n) is 8.88. The number of rotatable bonds is 4. The molecule has 1 aromatic carbocycles. The Hall–Kier alpha value is -2.42. The van der Waals surface area contributed by atoms with Crippen LogP contribution in [0.3, 0.4) is 0 Å². The summed E-state index contributed by atoms with van der Waals surface area (Å²) < 4.78 is 9.46. The van der Waals surface area contributed by atoms with E-state index in [1.807, 2.05) is 42.5 Å². The van der Waals surface area contributed by atoms with Crippen LogP contribution in [-0.2, 0) is 9.53 Å². The number of nitrogens with zero attached hydrogens (tertiary/aromatic N) is 3. The third kappa shape index (κ3) is 3.39. The van der Waals surface area contributed by atoms with Crippen molar-refractivity contribution >= 4 is 40.5 Å². The van der Waals surface area contributed by atoms with Crippen LogP contribution in [0.4, 0.5) is 0 Å². The topological polar surface area (TPSA) is 75.0 Å². The van der Waals surface area contributed by atoms with Gasteiger partial charge in [0.25, 0.3) is 0 Å². The van der Waals surface area contributed by atoms with Crippen molar-refractivity contribution in [3.63, 3.8) is 0 Å². The summed E-state index contributed by atoms with van der Waals surface area (Å²) in [7, 11) is 0. The van der Waals surface area contributed by atoms with E-state index in [1.54, 1.807) is 24.9 Å². The molecule has 2 aromatic rings. The predicted octanol–water partition coefficient (Wildman–Crippen LogP) is 3.80. The lowest BCUT2D eigenvalue weighted by Gasteiger charge is -2.35. The summed E-state index contributed by atoms with van der Waals surface area (Å²) in [6.07, 6.45) is 2.73. The van der Waals surface area contributed by atoms with Crippen molar-refractivity contribution in [3.8, 4) is 0 Å².